The van der Waals surface area contributed by atoms with Gasteiger partial charge in [-0.3, -0.25) is 0 Å². The van der Waals surface area contributed by atoms with Crippen LogP contribution in [-0.4, -0.2) is 12.6 Å². The van der Waals surface area contributed by atoms with Crippen molar-refractivity contribution in [2.24, 2.45) is 5.73 Å². The van der Waals surface area contributed by atoms with Crippen LogP contribution >= 0.6 is 11.6 Å². The van der Waals surface area contributed by atoms with Crippen molar-refractivity contribution < 1.29 is 4.74 Å². The van der Waals surface area contributed by atoms with Crippen LogP contribution in [0.25, 0.3) is 0 Å². The Morgan fingerprint density at radius 2 is 2.00 bits per heavy atom. The molecule has 3 heteroatoms. The highest BCUT2D eigenvalue weighted by atomic mass is 35.5. The lowest BCUT2D eigenvalue weighted by Gasteiger charge is -2.14. The van der Waals surface area contributed by atoms with Gasteiger partial charge in [-0.1, -0.05) is 23.7 Å². The summed E-state index contributed by atoms with van der Waals surface area (Å²) < 4.78 is 5.52. The largest absolute Gasteiger partial charge is 0.372 e. The van der Waals surface area contributed by atoms with Crippen molar-refractivity contribution in [2.45, 2.75) is 18.6 Å². The molecule has 2 N–H and O–H groups in total. The van der Waals surface area contributed by atoms with E-state index in [-0.39, 0.29) is 12.1 Å². The summed E-state index contributed by atoms with van der Waals surface area (Å²) in [6, 6.07) is 7.80. The number of rotatable bonds is 1. The zero-order chi connectivity index (χ0) is 9.26. The van der Waals surface area contributed by atoms with Gasteiger partial charge in [-0.05, 0) is 24.1 Å². The van der Waals surface area contributed by atoms with Gasteiger partial charge in [0.1, 0.15) is 0 Å². The van der Waals surface area contributed by atoms with Gasteiger partial charge in [-0.25, -0.2) is 0 Å². The monoisotopic (exact) mass is 197 g/mol. The van der Waals surface area contributed by atoms with Crippen LogP contribution in [0.5, 0.6) is 0 Å². The van der Waals surface area contributed by atoms with Crippen LogP contribution in [0.4, 0.5) is 0 Å². The molecule has 13 heavy (non-hydrogen) atoms. The fourth-order valence-corrected chi connectivity index (χ4v) is 1.73. The summed E-state index contributed by atoms with van der Waals surface area (Å²) in [6.45, 7) is 0.758. The van der Waals surface area contributed by atoms with Crippen LogP contribution in [0, 0.1) is 0 Å². The predicted octanol–water partition coefficient (Wildman–Crippen LogP) is 2.13. The summed E-state index contributed by atoms with van der Waals surface area (Å²) in [4.78, 5) is 0. The maximum Gasteiger partial charge on any atom is 0.0976 e. The van der Waals surface area contributed by atoms with E-state index in [9.17, 15) is 0 Å². The quantitative estimate of drug-likeness (QED) is 0.749. The van der Waals surface area contributed by atoms with Crippen LogP contribution < -0.4 is 5.73 Å². The summed E-state index contributed by atoms with van der Waals surface area (Å²) in [7, 11) is 0. The van der Waals surface area contributed by atoms with Gasteiger partial charge < -0.3 is 10.5 Å². The second-order valence-electron chi connectivity index (χ2n) is 3.30. The van der Waals surface area contributed by atoms with Crippen LogP contribution in [0.15, 0.2) is 24.3 Å². The summed E-state index contributed by atoms with van der Waals surface area (Å²) in [6.07, 6.45) is 0.991. The van der Waals surface area contributed by atoms with Crippen molar-refractivity contribution in [3.05, 3.63) is 34.9 Å². The van der Waals surface area contributed by atoms with Crippen LogP contribution in [-0.2, 0) is 4.74 Å². The Bertz CT molecular complexity index is 285. The number of hydrogen-bond donors (Lipinski definition) is 1. The van der Waals surface area contributed by atoms with Gasteiger partial charge in [-0.2, -0.15) is 0 Å². The molecule has 1 aromatic rings. The first kappa shape index (κ1) is 9.00. The molecule has 0 unspecified atom stereocenters. The second kappa shape index (κ2) is 3.66. The minimum Gasteiger partial charge on any atom is -0.372 e. The lowest BCUT2D eigenvalue weighted by atomic mass is 10.0. The number of halogens is 1. The van der Waals surface area contributed by atoms with E-state index in [0.29, 0.717) is 0 Å². The first-order valence-corrected chi connectivity index (χ1v) is 4.78. The molecular weight excluding hydrogens is 186 g/mol. The van der Waals surface area contributed by atoms with Crippen LogP contribution in [0.3, 0.4) is 0 Å². The maximum absolute atomic E-state index is 5.89. The third-order valence-corrected chi connectivity index (χ3v) is 2.59. The van der Waals surface area contributed by atoms with Crippen molar-refractivity contribution in [3.63, 3.8) is 0 Å². The minimum atomic E-state index is 0.0530. The van der Waals surface area contributed by atoms with Gasteiger partial charge in [0.2, 0.25) is 0 Å². The summed E-state index contributed by atoms with van der Waals surface area (Å²) in [5, 5.41) is 0.746. The Kier molecular flexibility index (Phi) is 2.54. The summed E-state index contributed by atoms with van der Waals surface area (Å²) in [5.41, 5.74) is 7.01. The Morgan fingerprint density at radius 1 is 1.31 bits per heavy atom. The summed E-state index contributed by atoms with van der Waals surface area (Å²) in [5.74, 6) is 0. The first-order chi connectivity index (χ1) is 6.27. The molecule has 70 valence electrons. The fourth-order valence-electron chi connectivity index (χ4n) is 1.60. The van der Waals surface area contributed by atoms with Gasteiger partial charge in [0.05, 0.1) is 6.10 Å². The Labute approximate surface area is 82.6 Å². The minimum absolute atomic E-state index is 0.0530. The lowest BCUT2D eigenvalue weighted by Crippen LogP contribution is -2.23. The predicted molar refractivity (Wildman–Crippen MR) is 52.7 cm³/mol. The normalized spacial score (nSPS) is 27.8. The van der Waals surface area contributed by atoms with E-state index in [1.807, 2.05) is 24.3 Å². The molecule has 1 heterocycles. The van der Waals surface area contributed by atoms with E-state index >= 15 is 0 Å². The Morgan fingerprint density at radius 3 is 2.54 bits per heavy atom. The van der Waals surface area contributed by atoms with Crippen molar-refractivity contribution in [1.29, 1.82) is 0 Å². The molecular formula is C10H12ClNO. The van der Waals surface area contributed by atoms with Gasteiger partial charge in [0.25, 0.3) is 0 Å². The molecule has 0 aliphatic carbocycles. The highest BCUT2D eigenvalue weighted by molar-refractivity contribution is 6.30. The molecule has 1 saturated heterocycles. The van der Waals surface area contributed by atoms with Crippen LogP contribution in [0.2, 0.25) is 5.02 Å². The number of ether oxygens (including phenoxy) is 1. The van der Waals surface area contributed by atoms with Crippen LogP contribution in [0.1, 0.15) is 18.1 Å². The second-order valence-corrected chi connectivity index (χ2v) is 3.73. The molecule has 1 aromatic carbocycles. The van der Waals surface area contributed by atoms with E-state index in [1.165, 1.54) is 0 Å². The molecule has 0 saturated carbocycles. The molecule has 2 atom stereocenters. The fraction of sp³-hybridized carbons (Fsp3) is 0.400. The first-order valence-electron chi connectivity index (χ1n) is 4.40. The number of benzene rings is 1. The molecule has 2 rings (SSSR count). The van der Waals surface area contributed by atoms with E-state index < -0.39 is 0 Å². The number of hydrogen-bond acceptors (Lipinski definition) is 2. The zero-order valence-corrected chi connectivity index (χ0v) is 8.00. The molecule has 0 aromatic heterocycles. The van der Waals surface area contributed by atoms with Crippen molar-refractivity contribution in [1.82, 2.24) is 0 Å². The van der Waals surface area contributed by atoms with Crippen molar-refractivity contribution in [3.8, 4) is 0 Å². The lowest BCUT2D eigenvalue weighted by molar-refractivity contribution is 0.105. The van der Waals surface area contributed by atoms with Crippen molar-refractivity contribution in [2.75, 3.05) is 6.61 Å². The molecule has 0 amide bonds. The van der Waals surface area contributed by atoms with Gasteiger partial charge in [0, 0.05) is 17.7 Å². The van der Waals surface area contributed by atoms with E-state index in [1.54, 1.807) is 0 Å². The molecule has 1 fully saturated rings. The van der Waals surface area contributed by atoms with E-state index in [2.05, 4.69) is 0 Å². The topological polar surface area (TPSA) is 35.2 Å². The van der Waals surface area contributed by atoms with Crippen molar-refractivity contribution >= 4 is 11.6 Å². The Hall–Kier alpha value is -0.570. The number of nitrogens with two attached hydrogens (primary N) is 1. The van der Waals surface area contributed by atoms with E-state index in [0.717, 1.165) is 23.6 Å². The molecule has 0 radical (unpaired) electrons. The molecule has 2 nitrogen and oxygen atoms in total. The molecule has 0 spiro atoms. The standard InChI is InChI=1S/C10H12ClNO/c11-8-3-1-7(2-4-8)10-9(12)5-6-13-10/h1-4,9-10H,5-6,12H2/t9-,10+/m1/s1. The molecule has 1 aliphatic rings. The highest BCUT2D eigenvalue weighted by Crippen LogP contribution is 2.28. The van der Waals surface area contributed by atoms with E-state index in [4.69, 9.17) is 22.1 Å². The molecule has 0 bridgehead atoms. The summed E-state index contributed by atoms with van der Waals surface area (Å²) >= 11 is 5.78. The molecule has 1 aliphatic heterocycles. The Balaban J connectivity index is 2.20. The zero-order valence-electron chi connectivity index (χ0n) is 7.24. The average molecular weight is 198 g/mol. The van der Waals surface area contributed by atoms with Gasteiger partial charge in [-0.15, -0.1) is 0 Å². The highest BCUT2D eigenvalue weighted by Gasteiger charge is 2.25. The maximum atomic E-state index is 5.89. The third-order valence-electron chi connectivity index (χ3n) is 2.34. The average Bonchev–Trinajstić information content (AvgIpc) is 2.53. The smallest absolute Gasteiger partial charge is 0.0976 e. The van der Waals surface area contributed by atoms with Gasteiger partial charge in [0.15, 0.2) is 0 Å². The van der Waals surface area contributed by atoms with Gasteiger partial charge >= 0.3 is 0 Å². The third kappa shape index (κ3) is 1.85. The SMILES string of the molecule is N[C@@H]1CCO[C@H]1c1ccc(Cl)cc1.